The van der Waals surface area contributed by atoms with E-state index in [9.17, 15) is 4.79 Å². The van der Waals surface area contributed by atoms with Gasteiger partial charge in [-0.15, -0.1) is 10.2 Å². The predicted octanol–water partition coefficient (Wildman–Crippen LogP) is 0.358. The zero-order valence-corrected chi connectivity index (χ0v) is 9.77. The first-order chi connectivity index (χ1) is 8.09. The van der Waals surface area contributed by atoms with Crippen molar-refractivity contribution in [1.82, 2.24) is 15.5 Å². The summed E-state index contributed by atoms with van der Waals surface area (Å²) in [6.07, 6.45) is 1.61. The fourth-order valence-electron chi connectivity index (χ4n) is 1.75. The van der Waals surface area contributed by atoms with Crippen molar-refractivity contribution in [2.45, 2.75) is 25.3 Å². The molecule has 2 rings (SSSR count). The SMILES string of the molecule is CC1(NC(=O)c2ccc(N)nn2)CCOCC1. The Balaban J connectivity index is 2.03. The molecule has 6 heteroatoms. The number of hydrogen-bond donors (Lipinski definition) is 2. The third-order valence-corrected chi connectivity index (χ3v) is 2.93. The highest BCUT2D eigenvalue weighted by Crippen LogP contribution is 2.20. The van der Waals surface area contributed by atoms with Crippen LogP contribution in [0.1, 0.15) is 30.3 Å². The molecule has 1 aromatic heterocycles. The molecule has 1 fully saturated rings. The monoisotopic (exact) mass is 236 g/mol. The van der Waals surface area contributed by atoms with Crippen LogP contribution in [0.3, 0.4) is 0 Å². The van der Waals surface area contributed by atoms with Gasteiger partial charge in [0.25, 0.3) is 5.91 Å². The van der Waals surface area contributed by atoms with Crippen LogP contribution in [0, 0.1) is 0 Å². The summed E-state index contributed by atoms with van der Waals surface area (Å²) in [5.41, 5.74) is 5.48. The lowest BCUT2D eigenvalue weighted by molar-refractivity contribution is 0.0421. The second-order valence-corrected chi connectivity index (χ2v) is 4.47. The Kier molecular flexibility index (Phi) is 3.23. The molecule has 0 atom stereocenters. The first-order valence-corrected chi connectivity index (χ1v) is 5.59. The van der Waals surface area contributed by atoms with E-state index in [1.807, 2.05) is 6.92 Å². The smallest absolute Gasteiger partial charge is 0.272 e. The second-order valence-electron chi connectivity index (χ2n) is 4.47. The van der Waals surface area contributed by atoms with Gasteiger partial charge in [0.1, 0.15) is 5.82 Å². The number of nitrogens with one attached hydrogen (secondary N) is 1. The highest BCUT2D eigenvalue weighted by molar-refractivity contribution is 5.92. The van der Waals surface area contributed by atoms with E-state index in [2.05, 4.69) is 15.5 Å². The largest absolute Gasteiger partial charge is 0.382 e. The Morgan fingerprint density at radius 1 is 1.41 bits per heavy atom. The molecule has 1 aliphatic heterocycles. The van der Waals surface area contributed by atoms with Crippen LogP contribution in [-0.4, -0.2) is 34.9 Å². The summed E-state index contributed by atoms with van der Waals surface area (Å²) < 4.78 is 5.27. The van der Waals surface area contributed by atoms with Gasteiger partial charge >= 0.3 is 0 Å². The van der Waals surface area contributed by atoms with E-state index in [-0.39, 0.29) is 17.1 Å². The first kappa shape index (κ1) is 11.8. The molecule has 92 valence electrons. The van der Waals surface area contributed by atoms with Gasteiger partial charge in [-0.2, -0.15) is 0 Å². The van der Waals surface area contributed by atoms with Crippen molar-refractivity contribution in [3.8, 4) is 0 Å². The molecule has 1 aromatic rings. The number of carbonyl (C=O) groups is 1. The lowest BCUT2D eigenvalue weighted by Gasteiger charge is -2.34. The van der Waals surface area contributed by atoms with Gasteiger partial charge in [0.2, 0.25) is 0 Å². The normalized spacial score (nSPS) is 18.6. The standard InChI is InChI=1S/C11H16N4O2/c1-11(4-6-17-7-5-11)13-10(16)8-2-3-9(12)15-14-8/h2-3H,4-7H2,1H3,(H2,12,15)(H,13,16). The van der Waals surface area contributed by atoms with Crippen LogP contribution in [0.2, 0.25) is 0 Å². The number of amides is 1. The summed E-state index contributed by atoms with van der Waals surface area (Å²) in [6, 6.07) is 3.13. The highest BCUT2D eigenvalue weighted by Gasteiger charge is 2.29. The van der Waals surface area contributed by atoms with Gasteiger partial charge in [-0.3, -0.25) is 4.79 Å². The van der Waals surface area contributed by atoms with Crippen molar-refractivity contribution in [2.75, 3.05) is 18.9 Å². The fraction of sp³-hybridized carbons (Fsp3) is 0.545. The first-order valence-electron chi connectivity index (χ1n) is 5.59. The van der Waals surface area contributed by atoms with Crippen molar-refractivity contribution in [3.63, 3.8) is 0 Å². The number of hydrogen-bond acceptors (Lipinski definition) is 5. The molecule has 17 heavy (non-hydrogen) atoms. The highest BCUT2D eigenvalue weighted by atomic mass is 16.5. The zero-order chi connectivity index (χ0) is 12.3. The minimum absolute atomic E-state index is 0.220. The third kappa shape index (κ3) is 2.91. The van der Waals surface area contributed by atoms with Crippen LogP contribution in [0.5, 0.6) is 0 Å². The molecule has 1 aliphatic rings. The van der Waals surface area contributed by atoms with Gasteiger partial charge in [-0.05, 0) is 31.9 Å². The van der Waals surface area contributed by atoms with Crippen molar-refractivity contribution < 1.29 is 9.53 Å². The number of nitrogens with zero attached hydrogens (tertiary/aromatic N) is 2. The summed E-state index contributed by atoms with van der Waals surface area (Å²) in [7, 11) is 0. The Morgan fingerprint density at radius 2 is 2.12 bits per heavy atom. The maximum Gasteiger partial charge on any atom is 0.272 e. The van der Waals surface area contributed by atoms with Gasteiger partial charge in [0, 0.05) is 18.8 Å². The number of anilines is 1. The van der Waals surface area contributed by atoms with Gasteiger partial charge in [-0.25, -0.2) is 0 Å². The number of ether oxygens (including phenoxy) is 1. The molecule has 0 aromatic carbocycles. The van der Waals surface area contributed by atoms with Crippen LogP contribution in [-0.2, 0) is 4.74 Å². The number of rotatable bonds is 2. The van der Waals surface area contributed by atoms with Crippen LogP contribution in [0.4, 0.5) is 5.82 Å². The molecule has 1 saturated heterocycles. The van der Waals surface area contributed by atoms with Gasteiger partial charge in [0.05, 0.1) is 0 Å². The summed E-state index contributed by atoms with van der Waals surface area (Å²) in [4.78, 5) is 11.9. The summed E-state index contributed by atoms with van der Waals surface area (Å²) in [5, 5.41) is 10.4. The molecule has 6 nitrogen and oxygen atoms in total. The molecule has 0 aliphatic carbocycles. The average Bonchev–Trinajstić information content (AvgIpc) is 2.30. The van der Waals surface area contributed by atoms with E-state index in [4.69, 9.17) is 10.5 Å². The Bertz CT molecular complexity index is 398. The molecule has 0 saturated carbocycles. The van der Waals surface area contributed by atoms with E-state index >= 15 is 0 Å². The molecule has 0 radical (unpaired) electrons. The number of aromatic nitrogens is 2. The summed E-state index contributed by atoms with van der Waals surface area (Å²) in [5.74, 6) is 0.0840. The third-order valence-electron chi connectivity index (χ3n) is 2.93. The summed E-state index contributed by atoms with van der Waals surface area (Å²) >= 11 is 0. The molecule has 3 N–H and O–H groups in total. The second kappa shape index (κ2) is 4.67. The van der Waals surface area contributed by atoms with E-state index in [1.165, 1.54) is 0 Å². The average molecular weight is 236 g/mol. The predicted molar refractivity (Wildman–Crippen MR) is 62.4 cm³/mol. The molecular weight excluding hydrogens is 220 g/mol. The maximum atomic E-state index is 11.9. The minimum Gasteiger partial charge on any atom is -0.382 e. The van der Waals surface area contributed by atoms with Crippen LogP contribution >= 0.6 is 0 Å². The maximum absolute atomic E-state index is 11.9. The molecule has 0 spiro atoms. The van der Waals surface area contributed by atoms with Crippen molar-refractivity contribution in [2.24, 2.45) is 0 Å². The van der Waals surface area contributed by atoms with Crippen molar-refractivity contribution >= 4 is 11.7 Å². The van der Waals surface area contributed by atoms with E-state index in [0.717, 1.165) is 12.8 Å². The van der Waals surface area contributed by atoms with Crippen LogP contribution < -0.4 is 11.1 Å². The molecule has 1 amide bonds. The van der Waals surface area contributed by atoms with Gasteiger partial charge in [-0.1, -0.05) is 0 Å². The van der Waals surface area contributed by atoms with Crippen molar-refractivity contribution in [3.05, 3.63) is 17.8 Å². The number of nitrogen functional groups attached to an aromatic ring is 1. The fourth-order valence-corrected chi connectivity index (χ4v) is 1.75. The lowest BCUT2D eigenvalue weighted by Crippen LogP contribution is -2.49. The molecule has 2 heterocycles. The number of carbonyl (C=O) groups excluding carboxylic acids is 1. The molecule has 0 bridgehead atoms. The number of nitrogens with two attached hydrogens (primary N) is 1. The topological polar surface area (TPSA) is 90.1 Å². The van der Waals surface area contributed by atoms with Crippen LogP contribution in [0.15, 0.2) is 12.1 Å². The van der Waals surface area contributed by atoms with E-state index in [0.29, 0.717) is 19.0 Å². The van der Waals surface area contributed by atoms with E-state index < -0.39 is 0 Å². The van der Waals surface area contributed by atoms with Crippen LogP contribution in [0.25, 0.3) is 0 Å². The Hall–Kier alpha value is -1.69. The quantitative estimate of drug-likeness (QED) is 0.773. The molecular formula is C11H16N4O2. The minimum atomic E-state index is -0.224. The lowest BCUT2D eigenvalue weighted by atomic mass is 9.92. The Morgan fingerprint density at radius 3 is 2.71 bits per heavy atom. The molecule has 0 unspecified atom stereocenters. The van der Waals surface area contributed by atoms with E-state index in [1.54, 1.807) is 12.1 Å². The zero-order valence-electron chi connectivity index (χ0n) is 9.77. The van der Waals surface area contributed by atoms with Crippen molar-refractivity contribution in [1.29, 1.82) is 0 Å². The Labute approximate surface area is 99.6 Å². The van der Waals surface area contributed by atoms with Gasteiger partial charge in [0.15, 0.2) is 5.69 Å². The summed E-state index contributed by atoms with van der Waals surface area (Å²) in [6.45, 7) is 3.35. The van der Waals surface area contributed by atoms with Gasteiger partial charge < -0.3 is 15.8 Å².